The first kappa shape index (κ1) is 22.1. The molecule has 0 aromatic heterocycles. The Morgan fingerprint density at radius 3 is 2.47 bits per heavy atom. The second kappa shape index (κ2) is 8.66. The third-order valence-corrected chi connectivity index (χ3v) is 5.05. The number of anilines is 2. The van der Waals surface area contributed by atoms with Gasteiger partial charge in [0.2, 0.25) is 5.91 Å². The fraction of sp³-hybridized carbons (Fsp3) is 0.227. The molecule has 0 bridgehead atoms. The Balaban J connectivity index is 2.16. The normalized spacial score (nSPS) is 12.5. The summed E-state index contributed by atoms with van der Waals surface area (Å²) in [5, 5.41) is 30.1. The highest BCUT2D eigenvalue weighted by molar-refractivity contribution is 6.23. The smallest absolute Gasteiger partial charge is 0.262 e. The van der Waals surface area contributed by atoms with Gasteiger partial charge in [0.15, 0.2) is 0 Å². The number of fused-ring (bicyclic) bond motifs is 1. The molecule has 10 heteroatoms. The molecule has 3 rings (SSSR count). The summed E-state index contributed by atoms with van der Waals surface area (Å²) in [6, 6.07) is 10.2. The topological polar surface area (TPSA) is 142 Å². The molecule has 0 spiro atoms. The second-order valence-corrected chi connectivity index (χ2v) is 7.06. The molecule has 0 fully saturated rings. The number of imide groups is 1. The minimum absolute atomic E-state index is 0.0181. The quantitative estimate of drug-likeness (QED) is 0.569. The number of azo groups is 1. The van der Waals surface area contributed by atoms with Crippen molar-refractivity contribution in [3.05, 3.63) is 46.5 Å². The molecule has 3 amide bonds. The van der Waals surface area contributed by atoms with E-state index >= 15 is 0 Å². The Kier molecular flexibility index (Phi) is 5.99. The van der Waals surface area contributed by atoms with E-state index in [0.717, 1.165) is 17.1 Å². The number of carbonyl (C=O) groups is 3. The predicted octanol–water partition coefficient (Wildman–Crippen LogP) is 3.49. The summed E-state index contributed by atoms with van der Waals surface area (Å²) in [7, 11) is 3.19. The maximum Gasteiger partial charge on any atom is 0.262 e. The minimum atomic E-state index is -0.645. The standard InChI is InChI=1S/C22H19N7O3/c1-5-28(3)14-6-7-17(18(9-14)25-12(2)30)26-27-20-13(10-23)8-15-19(16(20)11-24)22(32)29(4)21(15)31/h6-9H,5H2,1-4H3,(H,25,30)/b27-26+. The summed E-state index contributed by atoms with van der Waals surface area (Å²) < 4.78 is 0. The maximum atomic E-state index is 12.5. The van der Waals surface area contributed by atoms with E-state index in [1.807, 2.05) is 31.0 Å². The van der Waals surface area contributed by atoms with Crippen molar-refractivity contribution >= 4 is 40.5 Å². The SMILES string of the molecule is CCN(C)c1ccc(/N=N/c2c(C#N)cc3c(c2C#N)C(=O)N(C)C3=O)c(NC(C)=O)c1. The molecule has 0 unspecified atom stereocenters. The number of amides is 3. The van der Waals surface area contributed by atoms with Crippen molar-refractivity contribution in [2.75, 3.05) is 30.9 Å². The molecule has 0 radical (unpaired) electrons. The van der Waals surface area contributed by atoms with E-state index in [9.17, 15) is 24.9 Å². The molecule has 10 nitrogen and oxygen atoms in total. The van der Waals surface area contributed by atoms with E-state index in [2.05, 4.69) is 15.5 Å². The lowest BCUT2D eigenvalue weighted by Gasteiger charge is -2.18. The highest BCUT2D eigenvalue weighted by Crippen LogP contribution is 2.37. The van der Waals surface area contributed by atoms with Crippen molar-refractivity contribution in [2.45, 2.75) is 13.8 Å². The number of nitrogens with zero attached hydrogens (tertiary/aromatic N) is 6. The largest absolute Gasteiger partial charge is 0.375 e. The van der Waals surface area contributed by atoms with Crippen LogP contribution in [0.4, 0.5) is 22.7 Å². The highest BCUT2D eigenvalue weighted by Gasteiger charge is 2.37. The van der Waals surface area contributed by atoms with E-state index in [0.29, 0.717) is 11.4 Å². The first-order valence-electron chi connectivity index (χ1n) is 9.61. The molecule has 160 valence electrons. The van der Waals surface area contributed by atoms with Crippen LogP contribution in [0.3, 0.4) is 0 Å². The number of hydrogen-bond donors (Lipinski definition) is 1. The van der Waals surface area contributed by atoms with Gasteiger partial charge >= 0.3 is 0 Å². The van der Waals surface area contributed by atoms with E-state index in [-0.39, 0.29) is 33.8 Å². The first-order valence-corrected chi connectivity index (χ1v) is 9.61. The number of hydrogen-bond acceptors (Lipinski definition) is 8. The number of benzene rings is 2. The van der Waals surface area contributed by atoms with Crippen molar-refractivity contribution in [2.24, 2.45) is 10.2 Å². The summed E-state index contributed by atoms with van der Waals surface area (Å²) in [6.45, 7) is 4.09. The summed E-state index contributed by atoms with van der Waals surface area (Å²) in [5.41, 5.74) is 1.02. The van der Waals surface area contributed by atoms with Crippen LogP contribution < -0.4 is 10.2 Å². The highest BCUT2D eigenvalue weighted by atomic mass is 16.2. The van der Waals surface area contributed by atoms with E-state index < -0.39 is 11.8 Å². The van der Waals surface area contributed by atoms with Gasteiger partial charge in [-0.3, -0.25) is 19.3 Å². The summed E-state index contributed by atoms with van der Waals surface area (Å²) in [4.78, 5) is 39.3. The summed E-state index contributed by atoms with van der Waals surface area (Å²) in [6.07, 6.45) is 0. The van der Waals surface area contributed by atoms with Gasteiger partial charge in [-0.15, -0.1) is 10.2 Å². The Morgan fingerprint density at radius 1 is 1.16 bits per heavy atom. The van der Waals surface area contributed by atoms with Crippen LogP contribution in [-0.2, 0) is 4.79 Å². The lowest BCUT2D eigenvalue weighted by molar-refractivity contribution is -0.114. The van der Waals surface area contributed by atoms with Gasteiger partial charge in [0.25, 0.3) is 11.8 Å². The maximum absolute atomic E-state index is 12.5. The minimum Gasteiger partial charge on any atom is -0.375 e. The average molecular weight is 429 g/mol. The Morgan fingerprint density at radius 2 is 1.88 bits per heavy atom. The summed E-state index contributed by atoms with van der Waals surface area (Å²) in [5.74, 6) is -1.55. The van der Waals surface area contributed by atoms with Crippen LogP contribution in [0.5, 0.6) is 0 Å². The number of carbonyl (C=O) groups excluding carboxylic acids is 3. The van der Waals surface area contributed by atoms with Gasteiger partial charge in [0, 0.05) is 33.3 Å². The predicted molar refractivity (Wildman–Crippen MR) is 116 cm³/mol. The summed E-state index contributed by atoms with van der Waals surface area (Å²) >= 11 is 0. The second-order valence-electron chi connectivity index (χ2n) is 7.06. The van der Waals surface area contributed by atoms with Gasteiger partial charge < -0.3 is 10.2 Å². The third kappa shape index (κ3) is 3.77. The monoisotopic (exact) mass is 429 g/mol. The molecular weight excluding hydrogens is 410 g/mol. The Hall–Kier alpha value is -4.57. The Labute approximate surface area is 184 Å². The fourth-order valence-corrected chi connectivity index (χ4v) is 3.23. The number of rotatable bonds is 5. The van der Waals surface area contributed by atoms with Gasteiger partial charge in [-0.05, 0) is 31.2 Å². The van der Waals surface area contributed by atoms with Crippen molar-refractivity contribution < 1.29 is 14.4 Å². The zero-order valence-corrected chi connectivity index (χ0v) is 17.9. The van der Waals surface area contributed by atoms with Gasteiger partial charge in [-0.2, -0.15) is 10.5 Å². The molecular formula is C22H19N7O3. The molecule has 1 N–H and O–H groups in total. The van der Waals surface area contributed by atoms with Gasteiger partial charge in [0.05, 0.1) is 27.9 Å². The molecule has 1 aliphatic heterocycles. The number of nitrogens with one attached hydrogen (secondary N) is 1. The molecule has 2 aromatic carbocycles. The molecule has 2 aromatic rings. The van der Waals surface area contributed by atoms with Crippen LogP contribution in [0.15, 0.2) is 34.5 Å². The van der Waals surface area contributed by atoms with E-state index in [1.165, 1.54) is 20.0 Å². The van der Waals surface area contributed by atoms with Crippen molar-refractivity contribution in [1.82, 2.24) is 4.90 Å². The fourth-order valence-electron chi connectivity index (χ4n) is 3.23. The zero-order chi connectivity index (χ0) is 23.6. The van der Waals surface area contributed by atoms with Crippen molar-refractivity contribution in [3.63, 3.8) is 0 Å². The molecule has 0 atom stereocenters. The first-order chi connectivity index (χ1) is 15.2. The molecule has 32 heavy (non-hydrogen) atoms. The third-order valence-electron chi connectivity index (χ3n) is 5.05. The van der Waals surface area contributed by atoms with E-state index in [4.69, 9.17) is 0 Å². The number of nitriles is 2. The van der Waals surface area contributed by atoms with Crippen LogP contribution in [0.25, 0.3) is 0 Å². The van der Waals surface area contributed by atoms with Crippen LogP contribution in [0.2, 0.25) is 0 Å². The average Bonchev–Trinajstić information content (AvgIpc) is 2.99. The van der Waals surface area contributed by atoms with Gasteiger partial charge in [-0.25, -0.2) is 0 Å². The lowest BCUT2D eigenvalue weighted by atomic mass is 9.97. The zero-order valence-electron chi connectivity index (χ0n) is 17.9. The molecule has 0 saturated heterocycles. The van der Waals surface area contributed by atoms with E-state index in [1.54, 1.807) is 18.2 Å². The van der Waals surface area contributed by atoms with Crippen molar-refractivity contribution in [3.8, 4) is 12.1 Å². The van der Waals surface area contributed by atoms with Gasteiger partial charge in [0.1, 0.15) is 23.5 Å². The Bertz CT molecular complexity index is 1270. The van der Waals surface area contributed by atoms with Crippen LogP contribution >= 0.6 is 0 Å². The molecule has 1 aliphatic rings. The molecule has 0 saturated carbocycles. The molecule has 1 heterocycles. The van der Waals surface area contributed by atoms with Crippen LogP contribution in [0, 0.1) is 22.7 Å². The van der Waals surface area contributed by atoms with Crippen molar-refractivity contribution in [1.29, 1.82) is 10.5 Å². The lowest BCUT2D eigenvalue weighted by Crippen LogP contribution is -2.24. The van der Waals surface area contributed by atoms with Crippen LogP contribution in [0.1, 0.15) is 45.7 Å². The van der Waals surface area contributed by atoms with Gasteiger partial charge in [-0.1, -0.05) is 0 Å². The van der Waals surface area contributed by atoms with Crippen LogP contribution in [-0.4, -0.2) is 43.3 Å². The molecule has 0 aliphatic carbocycles.